The van der Waals surface area contributed by atoms with Crippen LogP contribution < -0.4 is 10.5 Å². The molecule has 6 nitrogen and oxygen atoms in total. The summed E-state index contributed by atoms with van der Waals surface area (Å²) < 4.78 is 28.6. The van der Waals surface area contributed by atoms with Crippen molar-refractivity contribution < 1.29 is 8.42 Å². The van der Waals surface area contributed by atoms with Crippen molar-refractivity contribution in [2.24, 2.45) is 0 Å². The quantitative estimate of drug-likeness (QED) is 0.847. The fourth-order valence-electron chi connectivity index (χ4n) is 2.00. The Morgan fingerprint density at radius 2 is 2.00 bits per heavy atom. The molecule has 0 spiro atoms. The van der Waals surface area contributed by atoms with E-state index in [-0.39, 0.29) is 16.6 Å². The molecule has 7 heteroatoms. The van der Waals surface area contributed by atoms with E-state index in [1.165, 1.54) is 10.9 Å². The highest BCUT2D eigenvalue weighted by Crippen LogP contribution is 2.18. The summed E-state index contributed by atoms with van der Waals surface area (Å²) in [5.41, 5.74) is 6.75. The Morgan fingerprint density at radius 3 is 2.57 bits per heavy atom. The number of nitrogens with zero attached hydrogens (tertiary/aromatic N) is 2. The van der Waals surface area contributed by atoms with E-state index in [1.54, 1.807) is 0 Å². The number of aryl methyl sites for hydroxylation is 1. The van der Waals surface area contributed by atoms with Gasteiger partial charge >= 0.3 is 0 Å². The molecule has 0 aliphatic heterocycles. The summed E-state index contributed by atoms with van der Waals surface area (Å²) in [5, 5.41) is 3.96. The number of benzene rings is 1. The normalized spacial score (nSPS) is 13.2. The Bertz CT molecular complexity index is 695. The van der Waals surface area contributed by atoms with Gasteiger partial charge in [0.15, 0.2) is 5.82 Å². The minimum Gasteiger partial charge on any atom is -0.381 e. The van der Waals surface area contributed by atoms with E-state index in [9.17, 15) is 8.42 Å². The number of nitrogens with two attached hydrogens (primary N) is 1. The van der Waals surface area contributed by atoms with E-state index in [0.29, 0.717) is 13.1 Å². The monoisotopic (exact) mass is 308 g/mol. The molecular formula is C14H20N4O2S. The maximum atomic E-state index is 12.3. The van der Waals surface area contributed by atoms with Crippen molar-refractivity contribution in [3.63, 3.8) is 0 Å². The number of sulfonamides is 1. The van der Waals surface area contributed by atoms with Crippen LogP contribution in [0.25, 0.3) is 0 Å². The van der Waals surface area contributed by atoms with Crippen molar-refractivity contribution in [3.8, 4) is 0 Å². The Labute approximate surface area is 125 Å². The summed E-state index contributed by atoms with van der Waals surface area (Å²) in [6, 6.07) is 9.75. The van der Waals surface area contributed by atoms with E-state index in [1.807, 2.05) is 44.2 Å². The Morgan fingerprint density at radius 1 is 1.33 bits per heavy atom. The topological polar surface area (TPSA) is 90.0 Å². The summed E-state index contributed by atoms with van der Waals surface area (Å²) in [5.74, 6) is 0.0973. The van der Waals surface area contributed by atoms with Crippen molar-refractivity contribution in [2.75, 3.05) is 12.3 Å². The van der Waals surface area contributed by atoms with E-state index in [4.69, 9.17) is 5.73 Å². The highest BCUT2D eigenvalue weighted by Gasteiger charge is 2.21. The third-order valence-corrected chi connectivity index (χ3v) is 4.76. The number of hydrogen-bond acceptors (Lipinski definition) is 4. The van der Waals surface area contributed by atoms with Crippen molar-refractivity contribution in [2.45, 2.75) is 31.2 Å². The molecule has 0 saturated heterocycles. The van der Waals surface area contributed by atoms with E-state index < -0.39 is 10.0 Å². The average molecular weight is 308 g/mol. The second kappa shape index (κ2) is 6.28. The molecule has 0 aliphatic carbocycles. The van der Waals surface area contributed by atoms with E-state index >= 15 is 0 Å². The molecule has 0 saturated carbocycles. The van der Waals surface area contributed by atoms with Crippen LogP contribution in [0.15, 0.2) is 41.4 Å². The SMILES string of the molecule is CCn1cc(S(=O)(=O)NCC(C)c2ccccc2)c(N)n1. The molecule has 1 atom stereocenters. The number of aromatic nitrogens is 2. The number of rotatable bonds is 6. The largest absolute Gasteiger partial charge is 0.381 e. The molecular weight excluding hydrogens is 288 g/mol. The minimum absolute atomic E-state index is 0.0247. The molecule has 1 aromatic heterocycles. The number of anilines is 1. The molecule has 3 N–H and O–H groups in total. The standard InChI is InChI=1S/C14H20N4O2S/c1-3-18-10-13(14(15)17-18)21(19,20)16-9-11(2)12-7-5-4-6-8-12/h4-8,10-11,16H,3,9H2,1-2H3,(H2,15,17). The van der Waals surface area contributed by atoms with Crippen LogP contribution in [-0.4, -0.2) is 24.7 Å². The van der Waals surface area contributed by atoms with Gasteiger partial charge in [0, 0.05) is 19.3 Å². The summed E-state index contributed by atoms with van der Waals surface area (Å²) in [7, 11) is -3.64. The van der Waals surface area contributed by atoms with Crippen LogP contribution in [-0.2, 0) is 16.6 Å². The fourth-order valence-corrected chi connectivity index (χ4v) is 3.20. The van der Waals surface area contributed by atoms with Gasteiger partial charge in [0.1, 0.15) is 4.90 Å². The lowest BCUT2D eigenvalue weighted by molar-refractivity contribution is 0.574. The maximum absolute atomic E-state index is 12.3. The maximum Gasteiger partial charge on any atom is 0.245 e. The summed E-state index contributed by atoms with van der Waals surface area (Å²) in [4.78, 5) is 0.0320. The molecule has 2 rings (SSSR count). The molecule has 114 valence electrons. The summed E-state index contributed by atoms with van der Waals surface area (Å²) >= 11 is 0. The zero-order chi connectivity index (χ0) is 15.5. The third kappa shape index (κ3) is 3.62. The van der Waals surface area contributed by atoms with Crippen LogP contribution in [0, 0.1) is 0 Å². The van der Waals surface area contributed by atoms with Gasteiger partial charge in [-0.25, -0.2) is 13.1 Å². The van der Waals surface area contributed by atoms with Gasteiger partial charge < -0.3 is 5.73 Å². The average Bonchev–Trinajstić information content (AvgIpc) is 2.88. The molecule has 1 unspecified atom stereocenters. The van der Waals surface area contributed by atoms with Gasteiger partial charge in [-0.3, -0.25) is 4.68 Å². The second-order valence-corrected chi connectivity index (χ2v) is 6.63. The third-order valence-electron chi connectivity index (χ3n) is 3.32. The molecule has 1 aromatic carbocycles. The molecule has 0 radical (unpaired) electrons. The lowest BCUT2D eigenvalue weighted by Gasteiger charge is -2.12. The highest BCUT2D eigenvalue weighted by atomic mass is 32.2. The zero-order valence-electron chi connectivity index (χ0n) is 12.2. The van der Waals surface area contributed by atoms with Crippen LogP contribution in [0.4, 0.5) is 5.82 Å². The number of hydrogen-bond donors (Lipinski definition) is 2. The van der Waals surface area contributed by atoms with Crippen molar-refractivity contribution in [1.29, 1.82) is 0 Å². The van der Waals surface area contributed by atoms with Gasteiger partial charge in [0.25, 0.3) is 0 Å². The van der Waals surface area contributed by atoms with Gasteiger partial charge in [-0.1, -0.05) is 37.3 Å². The first-order valence-electron chi connectivity index (χ1n) is 6.81. The molecule has 0 aliphatic rings. The first-order valence-corrected chi connectivity index (χ1v) is 8.30. The lowest BCUT2D eigenvalue weighted by atomic mass is 10.0. The molecule has 0 amide bonds. The van der Waals surface area contributed by atoms with Crippen LogP contribution in [0.1, 0.15) is 25.3 Å². The first-order chi connectivity index (χ1) is 9.94. The summed E-state index contributed by atoms with van der Waals surface area (Å²) in [6.45, 7) is 4.72. The van der Waals surface area contributed by atoms with Crippen molar-refractivity contribution in [3.05, 3.63) is 42.1 Å². The highest BCUT2D eigenvalue weighted by molar-refractivity contribution is 7.89. The molecule has 0 bridgehead atoms. The first kappa shape index (κ1) is 15.5. The molecule has 1 heterocycles. The van der Waals surface area contributed by atoms with E-state index in [2.05, 4.69) is 9.82 Å². The molecule has 0 fully saturated rings. The van der Waals surface area contributed by atoms with Crippen LogP contribution in [0.2, 0.25) is 0 Å². The van der Waals surface area contributed by atoms with Gasteiger partial charge in [-0.2, -0.15) is 5.10 Å². The Kier molecular flexibility index (Phi) is 4.64. The van der Waals surface area contributed by atoms with Gasteiger partial charge in [-0.15, -0.1) is 0 Å². The van der Waals surface area contributed by atoms with Gasteiger partial charge in [0.05, 0.1) is 0 Å². The number of nitrogen functional groups attached to an aromatic ring is 1. The number of nitrogens with one attached hydrogen (secondary N) is 1. The second-order valence-electron chi connectivity index (χ2n) is 4.90. The lowest BCUT2D eigenvalue weighted by Crippen LogP contribution is -2.28. The Hall–Kier alpha value is -1.86. The molecule has 21 heavy (non-hydrogen) atoms. The fraction of sp³-hybridized carbons (Fsp3) is 0.357. The van der Waals surface area contributed by atoms with E-state index in [0.717, 1.165) is 5.56 Å². The van der Waals surface area contributed by atoms with Gasteiger partial charge in [-0.05, 0) is 18.4 Å². The minimum atomic E-state index is -3.64. The zero-order valence-corrected chi connectivity index (χ0v) is 13.0. The van der Waals surface area contributed by atoms with Gasteiger partial charge in [0.2, 0.25) is 10.0 Å². The summed E-state index contributed by atoms with van der Waals surface area (Å²) in [6.07, 6.45) is 1.45. The van der Waals surface area contributed by atoms with Crippen LogP contribution in [0.3, 0.4) is 0 Å². The predicted molar refractivity (Wildman–Crippen MR) is 82.4 cm³/mol. The predicted octanol–water partition coefficient (Wildman–Crippen LogP) is 1.57. The molecule has 2 aromatic rings. The Balaban J connectivity index is 2.09. The smallest absolute Gasteiger partial charge is 0.245 e. The van der Waals surface area contributed by atoms with Crippen molar-refractivity contribution >= 4 is 15.8 Å². The van der Waals surface area contributed by atoms with Crippen LogP contribution in [0.5, 0.6) is 0 Å². The van der Waals surface area contributed by atoms with Crippen LogP contribution >= 0.6 is 0 Å². The van der Waals surface area contributed by atoms with Crippen molar-refractivity contribution in [1.82, 2.24) is 14.5 Å².